The van der Waals surface area contributed by atoms with Crippen molar-refractivity contribution in [3.63, 3.8) is 0 Å². The number of hydrogen-bond acceptors (Lipinski definition) is 3. The van der Waals surface area contributed by atoms with Gasteiger partial charge in [0.25, 0.3) is 0 Å². The van der Waals surface area contributed by atoms with E-state index in [4.69, 9.17) is 16.7 Å². The monoisotopic (exact) mass is 312 g/mol. The number of carbonyl (C=O) groups excluding carboxylic acids is 1. The zero-order valence-electron chi connectivity index (χ0n) is 12.3. The van der Waals surface area contributed by atoms with Crippen LogP contribution in [-0.2, 0) is 9.59 Å². The molecule has 0 unspecified atom stereocenters. The summed E-state index contributed by atoms with van der Waals surface area (Å²) < 4.78 is 0. The lowest BCUT2D eigenvalue weighted by Crippen LogP contribution is -2.38. The van der Waals surface area contributed by atoms with Gasteiger partial charge in [0.1, 0.15) is 0 Å². The zero-order chi connectivity index (χ0) is 15.8. The molecule has 0 aliphatic carbocycles. The van der Waals surface area contributed by atoms with Crippen LogP contribution in [0.4, 0.5) is 5.69 Å². The Morgan fingerprint density at radius 2 is 1.90 bits per heavy atom. The quantitative estimate of drug-likeness (QED) is 0.774. The fourth-order valence-electron chi connectivity index (χ4n) is 1.87. The van der Waals surface area contributed by atoms with Crippen LogP contribution in [0.1, 0.15) is 26.7 Å². The van der Waals surface area contributed by atoms with Gasteiger partial charge in [0.05, 0.1) is 6.54 Å². The van der Waals surface area contributed by atoms with Crippen LogP contribution in [0, 0.1) is 0 Å². The van der Waals surface area contributed by atoms with E-state index in [0.717, 1.165) is 0 Å². The standard InChI is InChI=1S/C15H21ClN2O3/c1-11(2)18(9-3-4-15(20)21)10-14(19)17-13-7-5-12(16)6-8-13/h5-8,11H,3-4,9-10H2,1-2H3,(H,17,19)(H,20,21). The molecule has 6 heteroatoms. The van der Waals surface area contributed by atoms with E-state index in [1.54, 1.807) is 24.3 Å². The lowest BCUT2D eigenvalue weighted by atomic mass is 10.2. The number of halogens is 1. The van der Waals surface area contributed by atoms with Gasteiger partial charge in [-0.05, 0) is 51.1 Å². The van der Waals surface area contributed by atoms with Crippen LogP contribution in [-0.4, -0.2) is 41.0 Å². The van der Waals surface area contributed by atoms with E-state index < -0.39 is 5.97 Å². The van der Waals surface area contributed by atoms with Gasteiger partial charge in [-0.3, -0.25) is 14.5 Å². The van der Waals surface area contributed by atoms with Crippen LogP contribution in [0.5, 0.6) is 0 Å². The molecule has 0 aliphatic rings. The number of benzene rings is 1. The van der Waals surface area contributed by atoms with E-state index in [1.807, 2.05) is 18.7 Å². The molecule has 0 heterocycles. The van der Waals surface area contributed by atoms with Crippen LogP contribution in [0.25, 0.3) is 0 Å². The Balaban J connectivity index is 2.48. The number of rotatable bonds is 8. The number of aliphatic carboxylic acids is 1. The first-order valence-electron chi connectivity index (χ1n) is 6.89. The Labute approximate surface area is 129 Å². The fourth-order valence-corrected chi connectivity index (χ4v) is 2.00. The zero-order valence-corrected chi connectivity index (χ0v) is 13.1. The smallest absolute Gasteiger partial charge is 0.303 e. The second-order valence-corrected chi connectivity index (χ2v) is 5.55. The van der Waals surface area contributed by atoms with Gasteiger partial charge in [-0.25, -0.2) is 0 Å². The molecule has 0 fully saturated rings. The number of anilines is 1. The molecule has 0 aromatic heterocycles. The van der Waals surface area contributed by atoms with Crippen molar-refractivity contribution < 1.29 is 14.7 Å². The summed E-state index contributed by atoms with van der Waals surface area (Å²) in [6, 6.07) is 7.08. The summed E-state index contributed by atoms with van der Waals surface area (Å²) in [5.41, 5.74) is 0.693. The highest BCUT2D eigenvalue weighted by Crippen LogP contribution is 2.13. The van der Waals surface area contributed by atoms with Crippen LogP contribution >= 0.6 is 11.6 Å². The largest absolute Gasteiger partial charge is 0.481 e. The Hall–Kier alpha value is -1.59. The minimum Gasteiger partial charge on any atom is -0.481 e. The van der Waals surface area contributed by atoms with Crippen molar-refractivity contribution in [1.82, 2.24) is 4.90 Å². The maximum Gasteiger partial charge on any atom is 0.303 e. The first-order valence-corrected chi connectivity index (χ1v) is 7.27. The van der Waals surface area contributed by atoms with Crippen molar-refractivity contribution in [2.24, 2.45) is 0 Å². The number of nitrogens with zero attached hydrogens (tertiary/aromatic N) is 1. The van der Waals surface area contributed by atoms with Crippen molar-refractivity contribution in [1.29, 1.82) is 0 Å². The van der Waals surface area contributed by atoms with E-state index in [0.29, 0.717) is 23.7 Å². The molecule has 1 rings (SSSR count). The molecule has 0 saturated carbocycles. The Bertz CT molecular complexity index is 474. The van der Waals surface area contributed by atoms with Gasteiger partial charge < -0.3 is 10.4 Å². The van der Waals surface area contributed by atoms with Gasteiger partial charge >= 0.3 is 5.97 Å². The van der Waals surface area contributed by atoms with E-state index >= 15 is 0 Å². The van der Waals surface area contributed by atoms with Gasteiger partial charge in [-0.1, -0.05) is 11.6 Å². The van der Waals surface area contributed by atoms with Crippen LogP contribution in [0.15, 0.2) is 24.3 Å². The average molecular weight is 313 g/mol. The van der Waals surface area contributed by atoms with E-state index in [2.05, 4.69) is 5.32 Å². The van der Waals surface area contributed by atoms with Gasteiger partial charge in [0, 0.05) is 23.2 Å². The van der Waals surface area contributed by atoms with Crippen molar-refractivity contribution in [2.75, 3.05) is 18.4 Å². The maximum atomic E-state index is 12.0. The summed E-state index contributed by atoms with van der Waals surface area (Å²) in [6.07, 6.45) is 0.643. The molecule has 1 aromatic carbocycles. The van der Waals surface area contributed by atoms with E-state index in [-0.39, 0.29) is 24.9 Å². The first kappa shape index (κ1) is 17.5. The van der Waals surface area contributed by atoms with E-state index in [9.17, 15) is 9.59 Å². The summed E-state index contributed by atoms with van der Waals surface area (Å²) in [5, 5.41) is 12.1. The Kier molecular flexibility index (Phi) is 7.19. The number of carboxylic acid groups (broad SMARTS) is 1. The van der Waals surface area contributed by atoms with Crippen LogP contribution in [0.3, 0.4) is 0 Å². The van der Waals surface area contributed by atoms with Gasteiger partial charge in [0.2, 0.25) is 5.91 Å². The third-order valence-corrected chi connectivity index (χ3v) is 3.29. The normalized spacial score (nSPS) is 10.9. The summed E-state index contributed by atoms with van der Waals surface area (Å²) in [6.45, 7) is 4.78. The van der Waals surface area contributed by atoms with Gasteiger partial charge in [-0.2, -0.15) is 0 Å². The maximum absolute atomic E-state index is 12.0. The molecule has 1 amide bonds. The highest BCUT2D eigenvalue weighted by molar-refractivity contribution is 6.30. The van der Waals surface area contributed by atoms with Crippen LogP contribution < -0.4 is 5.32 Å². The third-order valence-electron chi connectivity index (χ3n) is 3.04. The molecule has 0 atom stereocenters. The Morgan fingerprint density at radius 1 is 1.29 bits per heavy atom. The molecule has 21 heavy (non-hydrogen) atoms. The van der Waals surface area contributed by atoms with Crippen LogP contribution in [0.2, 0.25) is 5.02 Å². The fraction of sp³-hybridized carbons (Fsp3) is 0.467. The molecular weight excluding hydrogens is 292 g/mol. The van der Waals surface area contributed by atoms with Crippen molar-refractivity contribution in [2.45, 2.75) is 32.7 Å². The van der Waals surface area contributed by atoms with Crippen molar-refractivity contribution in [3.05, 3.63) is 29.3 Å². The molecular formula is C15H21ClN2O3. The molecule has 2 N–H and O–H groups in total. The molecule has 5 nitrogen and oxygen atoms in total. The van der Waals surface area contributed by atoms with Crippen molar-refractivity contribution >= 4 is 29.2 Å². The second kappa shape index (κ2) is 8.64. The SMILES string of the molecule is CC(C)N(CCCC(=O)O)CC(=O)Nc1ccc(Cl)cc1. The lowest BCUT2D eigenvalue weighted by molar-refractivity contribution is -0.137. The third kappa shape index (κ3) is 7.11. The number of amides is 1. The second-order valence-electron chi connectivity index (χ2n) is 5.12. The molecule has 0 spiro atoms. The molecule has 0 bridgehead atoms. The number of carboxylic acids is 1. The minimum atomic E-state index is -0.815. The highest BCUT2D eigenvalue weighted by atomic mass is 35.5. The summed E-state index contributed by atoms with van der Waals surface area (Å²) in [4.78, 5) is 24.5. The molecule has 0 saturated heterocycles. The minimum absolute atomic E-state index is 0.113. The predicted octanol–water partition coefficient (Wildman–Crippen LogP) is 2.85. The van der Waals surface area contributed by atoms with Gasteiger partial charge in [0.15, 0.2) is 0 Å². The average Bonchev–Trinajstić information content (AvgIpc) is 2.39. The number of nitrogens with one attached hydrogen (secondary N) is 1. The topological polar surface area (TPSA) is 69.6 Å². The lowest BCUT2D eigenvalue weighted by Gasteiger charge is -2.25. The number of carbonyl (C=O) groups is 2. The van der Waals surface area contributed by atoms with E-state index in [1.165, 1.54) is 0 Å². The number of hydrogen-bond donors (Lipinski definition) is 2. The summed E-state index contributed by atoms with van der Waals surface area (Å²) in [7, 11) is 0. The first-order chi connectivity index (χ1) is 9.88. The highest BCUT2D eigenvalue weighted by Gasteiger charge is 2.14. The molecule has 116 valence electrons. The van der Waals surface area contributed by atoms with Crippen molar-refractivity contribution in [3.8, 4) is 0 Å². The molecule has 1 aromatic rings. The molecule has 0 aliphatic heterocycles. The Morgan fingerprint density at radius 3 is 2.43 bits per heavy atom. The molecule has 0 radical (unpaired) electrons. The summed E-state index contributed by atoms with van der Waals surface area (Å²) >= 11 is 5.79. The summed E-state index contributed by atoms with van der Waals surface area (Å²) in [5.74, 6) is -0.939. The van der Waals surface area contributed by atoms with Gasteiger partial charge in [-0.15, -0.1) is 0 Å². The predicted molar refractivity (Wildman–Crippen MR) is 83.7 cm³/mol.